The summed E-state index contributed by atoms with van der Waals surface area (Å²) in [6.07, 6.45) is 1.48. The van der Waals surface area contributed by atoms with Crippen LogP contribution < -0.4 is 33.2 Å². The molecule has 0 fully saturated rings. The van der Waals surface area contributed by atoms with Crippen LogP contribution in [0.15, 0.2) is 35.5 Å². The lowest BCUT2D eigenvalue weighted by atomic mass is 10.0. The number of guanidine groups is 1. The second-order valence-electron chi connectivity index (χ2n) is 9.26. The summed E-state index contributed by atoms with van der Waals surface area (Å²) in [5.41, 5.74) is 18.6. The molecule has 0 aliphatic heterocycles. The second-order valence-corrected chi connectivity index (χ2v) is 9.62. The van der Waals surface area contributed by atoms with Crippen molar-refractivity contribution in [1.82, 2.24) is 20.9 Å². The van der Waals surface area contributed by atoms with Crippen LogP contribution in [0.5, 0.6) is 0 Å². The molecule has 12 N–H and O–H groups in total. The van der Waals surface area contributed by atoms with Crippen molar-refractivity contribution in [2.24, 2.45) is 22.2 Å². The number of H-pyrrole nitrogens is 1. The SMILES string of the molecule is NC(N)=NCCCC(NC(=O)C(N)Cc1c[nH]c2ccccc12)C(=O)NC(CS)C(=O)NC(CCC(=O)O)C(=O)O. The van der Waals surface area contributed by atoms with Crippen LogP contribution in [0.2, 0.25) is 0 Å². The highest BCUT2D eigenvalue weighted by molar-refractivity contribution is 7.80. The molecule has 0 radical (unpaired) electrons. The summed E-state index contributed by atoms with van der Waals surface area (Å²) < 4.78 is 0. The maximum Gasteiger partial charge on any atom is 0.326 e. The van der Waals surface area contributed by atoms with Gasteiger partial charge in [-0.05, 0) is 37.3 Å². The van der Waals surface area contributed by atoms with E-state index in [1.54, 1.807) is 6.20 Å². The van der Waals surface area contributed by atoms with E-state index < -0.39 is 60.2 Å². The Kier molecular flexibility index (Phi) is 12.9. The van der Waals surface area contributed by atoms with E-state index in [-0.39, 0.29) is 37.5 Å². The molecule has 0 aliphatic carbocycles. The molecule has 1 heterocycles. The number of hydrogen-bond donors (Lipinski definition) is 10. The molecule has 1 aromatic heterocycles. The van der Waals surface area contributed by atoms with E-state index in [9.17, 15) is 29.1 Å². The number of para-hydroxylation sites is 1. The summed E-state index contributed by atoms with van der Waals surface area (Å²) >= 11 is 4.07. The van der Waals surface area contributed by atoms with Gasteiger partial charge in [-0.25, -0.2) is 4.79 Å². The third-order valence-corrected chi connectivity index (χ3v) is 6.47. The number of nitrogens with two attached hydrogens (primary N) is 3. The van der Waals surface area contributed by atoms with E-state index in [0.29, 0.717) is 6.42 Å². The van der Waals surface area contributed by atoms with Crippen LogP contribution in [0.3, 0.4) is 0 Å². The Morgan fingerprint density at radius 1 is 0.927 bits per heavy atom. The van der Waals surface area contributed by atoms with Gasteiger partial charge in [-0.2, -0.15) is 12.6 Å². The predicted octanol–water partition coefficient (Wildman–Crippen LogP) is -1.58. The summed E-state index contributed by atoms with van der Waals surface area (Å²) in [5.74, 6) is -5.24. The van der Waals surface area contributed by atoms with Gasteiger partial charge in [-0.1, -0.05) is 18.2 Å². The predicted molar refractivity (Wildman–Crippen MR) is 154 cm³/mol. The number of rotatable bonds is 17. The number of benzene rings is 1. The zero-order valence-electron chi connectivity index (χ0n) is 22.2. The van der Waals surface area contributed by atoms with Crippen LogP contribution in [0.1, 0.15) is 31.2 Å². The van der Waals surface area contributed by atoms with Gasteiger partial charge in [0, 0.05) is 35.8 Å². The summed E-state index contributed by atoms with van der Waals surface area (Å²) in [6.45, 7) is 0.170. The number of thiol groups is 1. The number of amides is 3. The first kappa shape index (κ1) is 32.9. The van der Waals surface area contributed by atoms with Gasteiger partial charge in [0.05, 0.1) is 6.04 Å². The molecule has 15 nitrogen and oxygen atoms in total. The largest absolute Gasteiger partial charge is 0.481 e. The number of carbonyl (C=O) groups excluding carboxylic acids is 3. The van der Waals surface area contributed by atoms with Gasteiger partial charge in [-0.3, -0.25) is 24.2 Å². The molecular weight excluding hydrogens is 556 g/mol. The van der Waals surface area contributed by atoms with E-state index in [1.165, 1.54) is 0 Å². The Morgan fingerprint density at radius 3 is 2.20 bits per heavy atom. The van der Waals surface area contributed by atoms with Gasteiger partial charge in [0.15, 0.2) is 5.96 Å². The number of hydrogen-bond acceptors (Lipinski definition) is 8. The third-order valence-electron chi connectivity index (χ3n) is 6.11. The summed E-state index contributed by atoms with van der Waals surface area (Å²) in [7, 11) is 0. The Bertz CT molecular complexity index is 1260. The molecule has 16 heteroatoms. The average Bonchev–Trinajstić information content (AvgIpc) is 3.32. The molecule has 2 rings (SSSR count). The summed E-state index contributed by atoms with van der Waals surface area (Å²) in [4.78, 5) is 68.1. The highest BCUT2D eigenvalue weighted by Crippen LogP contribution is 2.19. The lowest BCUT2D eigenvalue weighted by Gasteiger charge is -2.24. The van der Waals surface area contributed by atoms with Gasteiger partial charge in [0.25, 0.3) is 0 Å². The molecule has 2 aromatic rings. The van der Waals surface area contributed by atoms with Crippen molar-refractivity contribution in [3.05, 3.63) is 36.0 Å². The zero-order valence-corrected chi connectivity index (χ0v) is 23.1. The second kappa shape index (κ2) is 16.1. The van der Waals surface area contributed by atoms with E-state index in [4.69, 9.17) is 22.3 Å². The molecule has 4 unspecified atom stereocenters. The van der Waals surface area contributed by atoms with E-state index in [2.05, 4.69) is 38.6 Å². The standard InChI is InChI=1S/C25H36N8O7S/c26-15(10-13-11-30-16-5-2-1-4-14(13)16)21(36)31-17(6-3-9-29-25(27)28)22(37)33-19(12-41)23(38)32-18(24(39)40)7-8-20(34)35/h1-2,4-5,11,15,17-19,30,41H,3,6-10,12,26H2,(H,31,36)(H,32,38)(H,33,37)(H,34,35)(H,39,40)(H4,27,28,29). The molecule has 3 amide bonds. The van der Waals surface area contributed by atoms with Crippen molar-refractivity contribution < 1.29 is 34.2 Å². The average molecular weight is 593 g/mol. The molecule has 41 heavy (non-hydrogen) atoms. The zero-order chi connectivity index (χ0) is 30.5. The van der Waals surface area contributed by atoms with E-state index >= 15 is 0 Å². The van der Waals surface area contributed by atoms with Crippen molar-refractivity contribution in [2.45, 2.75) is 56.3 Å². The molecule has 0 spiro atoms. The fourth-order valence-corrected chi connectivity index (χ4v) is 4.20. The molecule has 0 aliphatic rings. The Morgan fingerprint density at radius 2 is 1.56 bits per heavy atom. The smallest absolute Gasteiger partial charge is 0.326 e. The van der Waals surface area contributed by atoms with Gasteiger partial charge in [0.1, 0.15) is 18.1 Å². The topological polar surface area (TPSA) is 268 Å². The Balaban J connectivity index is 2.10. The Labute approximate surface area is 241 Å². The van der Waals surface area contributed by atoms with Gasteiger partial charge >= 0.3 is 11.9 Å². The van der Waals surface area contributed by atoms with E-state index in [1.807, 2.05) is 24.3 Å². The number of carbonyl (C=O) groups is 5. The highest BCUT2D eigenvalue weighted by atomic mass is 32.1. The van der Waals surface area contributed by atoms with Gasteiger partial charge < -0.3 is 48.3 Å². The fourth-order valence-electron chi connectivity index (χ4n) is 3.95. The molecule has 0 saturated heterocycles. The maximum atomic E-state index is 13.2. The van der Waals surface area contributed by atoms with Crippen molar-refractivity contribution in [3.8, 4) is 0 Å². The van der Waals surface area contributed by atoms with Crippen LogP contribution in [0.25, 0.3) is 10.9 Å². The quantitative estimate of drug-likeness (QED) is 0.0436. The lowest BCUT2D eigenvalue weighted by Crippen LogP contribution is -2.57. The number of aliphatic carboxylic acids is 2. The number of aromatic amines is 1. The molecule has 4 atom stereocenters. The monoisotopic (exact) mass is 592 g/mol. The fraction of sp³-hybridized carbons (Fsp3) is 0.440. The number of nitrogens with one attached hydrogen (secondary N) is 4. The molecular formula is C25H36N8O7S. The first-order valence-corrected chi connectivity index (χ1v) is 13.4. The molecule has 1 aromatic carbocycles. The molecule has 0 saturated carbocycles. The highest BCUT2D eigenvalue weighted by Gasteiger charge is 2.30. The summed E-state index contributed by atoms with van der Waals surface area (Å²) in [5, 5.41) is 26.3. The minimum absolute atomic E-state index is 0.0887. The van der Waals surface area contributed by atoms with Crippen LogP contribution in [0.4, 0.5) is 0 Å². The molecule has 224 valence electrons. The minimum Gasteiger partial charge on any atom is -0.481 e. The minimum atomic E-state index is -1.49. The van der Waals surface area contributed by atoms with Crippen molar-refractivity contribution in [1.29, 1.82) is 0 Å². The van der Waals surface area contributed by atoms with Crippen LogP contribution in [0, 0.1) is 0 Å². The van der Waals surface area contributed by atoms with Crippen LogP contribution in [-0.2, 0) is 30.4 Å². The lowest BCUT2D eigenvalue weighted by molar-refractivity contribution is -0.143. The number of aromatic nitrogens is 1. The third kappa shape index (κ3) is 10.6. The number of carboxylic acid groups (broad SMARTS) is 2. The first-order chi connectivity index (χ1) is 19.4. The number of carboxylic acids is 2. The van der Waals surface area contributed by atoms with Crippen molar-refractivity contribution >= 4 is 59.2 Å². The Hall–Kier alpha value is -4.31. The summed E-state index contributed by atoms with van der Waals surface area (Å²) in [6, 6.07) is 2.60. The van der Waals surface area contributed by atoms with E-state index in [0.717, 1.165) is 16.5 Å². The van der Waals surface area contributed by atoms with Crippen molar-refractivity contribution in [2.75, 3.05) is 12.3 Å². The normalized spacial score (nSPS) is 13.8. The van der Waals surface area contributed by atoms with Crippen molar-refractivity contribution in [3.63, 3.8) is 0 Å². The number of aliphatic imine (C=N–C) groups is 1. The first-order valence-electron chi connectivity index (χ1n) is 12.8. The molecule has 0 bridgehead atoms. The van der Waals surface area contributed by atoms with Crippen LogP contribution in [-0.4, -0.2) is 87.3 Å². The van der Waals surface area contributed by atoms with Gasteiger partial charge in [-0.15, -0.1) is 0 Å². The number of fused-ring (bicyclic) bond motifs is 1. The number of nitrogens with zero attached hydrogens (tertiary/aromatic N) is 1. The van der Waals surface area contributed by atoms with Gasteiger partial charge in [0.2, 0.25) is 17.7 Å². The maximum absolute atomic E-state index is 13.2. The van der Waals surface area contributed by atoms with Crippen LogP contribution >= 0.6 is 12.6 Å².